The van der Waals surface area contributed by atoms with Gasteiger partial charge in [-0.15, -0.1) is 0 Å². The third kappa shape index (κ3) is 3.02. The summed E-state index contributed by atoms with van der Waals surface area (Å²) in [6.07, 6.45) is 0. The second-order valence-electron chi connectivity index (χ2n) is 4.30. The van der Waals surface area contributed by atoms with Gasteiger partial charge < -0.3 is 9.64 Å². The van der Waals surface area contributed by atoms with Crippen LogP contribution in [0.1, 0.15) is 19.4 Å². The Labute approximate surface area is 108 Å². The molecule has 1 fully saturated rings. The van der Waals surface area contributed by atoms with E-state index in [4.69, 9.17) is 16.3 Å². The summed E-state index contributed by atoms with van der Waals surface area (Å²) >= 11 is 6.00. The number of nitrogens with zero attached hydrogens (tertiary/aromatic N) is 1. The van der Waals surface area contributed by atoms with Gasteiger partial charge in [0.15, 0.2) is 0 Å². The summed E-state index contributed by atoms with van der Waals surface area (Å²) in [5, 5.41) is 0.851. The lowest BCUT2D eigenvalue weighted by Gasteiger charge is -2.29. The summed E-state index contributed by atoms with van der Waals surface area (Å²) < 4.78 is 5.35. The molecule has 0 saturated carbocycles. The monoisotopic (exact) mass is 251 g/mol. The Morgan fingerprint density at radius 3 is 2.24 bits per heavy atom. The van der Waals surface area contributed by atoms with Gasteiger partial charge >= 0.3 is 0 Å². The fraction of sp³-hybridized carbons (Fsp3) is 0.429. The lowest BCUT2D eigenvalue weighted by Crippen LogP contribution is -2.36. The maximum Gasteiger partial charge on any atom is 0.0642 e. The third-order valence-electron chi connectivity index (χ3n) is 3.19. The highest BCUT2D eigenvalue weighted by Crippen LogP contribution is 2.23. The van der Waals surface area contributed by atoms with Crippen LogP contribution in [0.3, 0.4) is 0 Å². The Bertz CT molecular complexity index is 401. The summed E-state index contributed by atoms with van der Waals surface area (Å²) in [5.74, 6) is 0. The molecular weight excluding hydrogens is 234 g/mol. The lowest BCUT2D eigenvalue weighted by molar-refractivity contribution is 0.122. The predicted octanol–water partition coefficient (Wildman–Crippen LogP) is 3.51. The van der Waals surface area contributed by atoms with E-state index in [0.717, 1.165) is 36.9 Å². The van der Waals surface area contributed by atoms with Crippen LogP contribution < -0.4 is 4.90 Å². The van der Waals surface area contributed by atoms with Crippen LogP contribution in [0.2, 0.25) is 0 Å². The van der Waals surface area contributed by atoms with Gasteiger partial charge in [-0.05, 0) is 37.1 Å². The predicted molar refractivity (Wildman–Crippen MR) is 73.6 cm³/mol. The number of allylic oxidation sites excluding steroid dienone is 2. The fourth-order valence-electron chi connectivity index (χ4n) is 1.94. The number of hydrogen-bond donors (Lipinski definition) is 0. The van der Waals surface area contributed by atoms with Gasteiger partial charge in [0.2, 0.25) is 0 Å². The van der Waals surface area contributed by atoms with Crippen molar-refractivity contribution in [1.29, 1.82) is 0 Å². The first kappa shape index (κ1) is 12.5. The average Bonchev–Trinajstić information content (AvgIpc) is 2.39. The van der Waals surface area contributed by atoms with Crippen molar-refractivity contribution in [2.45, 2.75) is 13.8 Å². The first-order chi connectivity index (χ1) is 8.18. The molecule has 2 rings (SSSR count). The molecule has 0 N–H and O–H groups in total. The van der Waals surface area contributed by atoms with Crippen LogP contribution in [0.15, 0.2) is 29.3 Å². The van der Waals surface area contributed by atoms with Gasteiger partial charge in [0, 0.05) is 23.8 Å². The van der Waals surface area contributed by atoms with Crippen molar-refractivity contribution < 1.29 is 4.74 Å². The van der Waals surface area contributed by atoms with Gasteiger partial charge in [-0.3, -0.25) is 0 Å². The molecule has 0 radical (unpaired) electrons. The highest BCUT2D eigenvalue weighted by molar-refractivity contribution is 6.32. The van der Waals surface area contributed by atoms with Crippen LogP contribution in [-0.4, -0.2) is 26.3 Å². The normalized spacial score (nSPS) is 17.9. The van der Waals surface area contributed by atoms with E-state index in [2.05, 4.69) is 29.2 Å². The molecule has 0 amide bonds. The van der Waals surface area contributed by atoms with Gasteiger partial charge in [0.25, 0.3) is 0 Å². The maximum atomic E-state index is 6.00. The Balaban J connectivity index is 2.15. The Hall–Kier alpha value is -0.990. The van der Waals surface area contributed by atoms with Crippen molar-refractivity contribution in [1.82, 2.24) is 0 Å². The van der Waals surface area contributed by atoms with Crippen molar-refractivity contribution in [3.63, 3.8) is 0 Å². The molecule has 3 heteroatoms. The van der Waals surface area contributed by atoms with Crippen LogP contribution in [0.5, 0.6) is 0 Å². The van der Waals surface area contributed by atoms with E-state index in [1.165, 1.54) is 11.3 Å². The highest BCUT2D eigenvalue weighted by atomic mass is 35.5. The molecule has 1 aliphatic heterocycles. The standard InChI is InChI=1S/C14H18ClNO/c1-11(12(2)15)13-3-5-14(6-4-13)16-7-9-17-10-8-16/h3-6H,7-10H2,1-2H3/b12-11-. The number of benzene rings is 1. The number of halogens is 1. The molecule has 0 unspecified atom stereocenters. The Morgan fingerprint density at radius 1 is 1.12 bits per heavy atom. The molecule has 1 aromatic carbocycles. The highest BCUT2D eigenvalue weighted by Gasteiger charge is 2.10. The zero-order valence-corrected chi connectivity index (χ0v) is 11.1. The topological polar surface area (TPSA) is 12.5 Å². The van der Waals surface area contributed by atoms with Crippen molar-refractivity contribution in [2.24, 2.45) is 0 Å². The molecule has 92 valence electrons. The van der Waals surface area contributed by atoms with Crippen molar-refractivity contribution in [3.8, 4) is 0 Å². The van der Waals surface area contributed by atoms with E-state index in [1.807, 2.05) is 13.8 Å². The van der Waals surface area contributed by atoms with E-state index >= 15 is 0 Å². The molecule has 0 aromatic heterocycles. The maximum absolute atomic E-state index is 6.00. The number of ether oxygens (including phenoxy) is 1. The first-order valence-corrected chi connectivity index (χ1v) is 6.32. The summed E-state index contributed by atoms with van der Waals surface area (Å²) in [6.45, 7) is 7.56. The molecule has 1 aromatic rings. The van der Waals surface area contributed by atoms with E-state index in [0.29, 0.717) is 0 Å². The molecule has 1 heterocycles. The van der Waals surface area contributed by atoms with E-state index in [-0.39, 0.29) is 0 Å². The van der Waals surface area contributed by atoms with Crippen LogP contribution >= 0.6 is 11.6 Å². The average molecular weight is 252 g/mol. The van der Waals surface area contributed by atoms with Gasteiger partial charge in [-0.2, -0.15) is 0 Å². The van der Waals surface area contributed by atoms with E-state index < -0.39 is 0 Å². The lowest BCUT2D eigenvalue weighted by atomic mass is 10.1. The molecule has 1 saturated heterocycles. The minimum absolute atomic E-state index is 0.821. The Kier molecular flexibility index (Phi) is 4.08. The van der Waals surface area contributed by atoms with Gasteiger partial charge in [-0.25, -0.2) is 0 Å². The van der Waals surface area contributed by atoms with Crippen LogP contribution in [0.4, 0.5) is 5.69 Å². The van der Waals surface area contributed by atoms with E-state index in [1.54, 1.807) is 0 Å². The summed E-state index contributed by atoms with van der Waals surface area (Å²) in [7, 11) is 0. The molecule has 0 bridgehead atoms. The number of anilines is 1. The molecule has 2 nitrogen and oxygen atoms in total. The van der Waals surface area contributed by atoms with Gasteiger partial charge in [0.05, 0.1) is 13.2 Å². The molecule has 0 aliphatic carbocycles. The van der Waals surface area contributed by atoms with Gasteiger partial charge in [-0.1, -0.05) is 23.7 Å². The zero-order valence-electron chi connectivity index (χ0n) is 10.4. The largest absolute Gasteiger partial charge is 0.378 e. The minimum Gasteiger partial charge on any atom is -0.378 e. The number of hydrogen-bond acceptors (Lipinski definition) is 2. The first-order valence-electron chi connectivity index (χ1n) is 5.94. The molecular formula is C14H18ClNO. The van der Waals surface area contributed by atoms with Crippen molar-refractivity contribution in [2.75, 3.05) is 31.2 Å². The molecule has 0 spiro atoms. The Morgan fingerprint density at radius 2 is 1.71 bits per heavy atom. The van der Waals surface area contributed by atoms with Crippen LogP contribution in [-0.2, 0) is 4.74 Å². The van der Waals surface area contributed by atoms with Crippen molar-refractivity contribution in [3.05, 3.63) is 34.9 Å². The van der Waals surface area contributed by atoms with Crippen LogP contribution in [0.25, 0.3) is 5.57 Å². The van der Waals surface area contributed by atoms with Crippen molar-refractivity contribution >= 4 is 22.9 Å². The van der Waals surface area contributed by atoms with Crippen LogP contribution in [0, 0.1) is 0 Å². The fourth-order valence-corrected chi connectivity index (χ4v) is 2.05. The number of rotatable bonds is 2. The summed E-state index contributed by atoms with van der Waals surface area (Å²) in [5.41, 5.74) is 3.59. The number of morpholine rings is 1. The quantitative estimate of drug-likeness (QED) is 0.798. The summed E-state index contributed by atoms with van der Waals surface area (Å²) in [6, 6.07) is 8.58. The van der Waals surface area contributed by atoms with Gasteiger partial charge in [0.1, 0.15) is 0 Å². The minimum atomic E-state index is 0.821. The molecule has 17 heavy (non-hydrogen) atoms. The van der Waals surface area contributed by atoms with E-state index in [9.17, 15) is 0 Å². The molecule has 1 aliphatic rings. The SMILES string of the molecule is C/C(Cl)=C(\C)c1ccc(N2CCOCC2)cc1. The second kappa shape index (κ2) is 5.56. The molecule has 0 atom stereocenters. The zero-order chi connectivity index (χ0) is 12.3. The second-order valence-corrected chi connectivity index (χ2v) is 4.87. The smallest absolute Gasteiger partial charge is 0.0642 e. The third-order valence-corrected chi connectivity index (χ3v) is 3.48. The summed E-state index contributed by atoms with van der Waals surface area (Å²) in [4.78, 5) is 2.35.